The van der Waals surface area contributed by atoms with E-state index in [4.69, 9.17) is 25.0 Å². The second-order valence-electron chi connectivity index (χ2n) is 6.21. The fourth-order valence-electron chi connectivity index (χ4n) is 2.23. The quantitative estimate of drug-likeness (QED) is 0.166. The van der Waals surface area contributed by atoms with E-state index in [1.54, 1.807) is 13.8 Å². The van der Waals surface area contributed by atoms with E-state index in [9.17, 15) is 23.7 Å². The minimum Gasteiger partial charge on any atom is -0.481 e. The summed E-state index contributed by atoms with van der Waals surface area (Å²) in [6, 6.07) is -2.15. The van der Waals surface area contributed by atoms with E-state index < -0.39 is 43.3 Å². The minimum absolute atomic E-state index is 0.101. The summed E-state index contributed by atoms with van der Waals surface area (Å²) in [5.41, 5.74) is 5.36. The molecule has 0 bridgehead atoms. The maximum atomic E-state index is 12.4. The van der Waals surface area contributed by atoms with E-state index in [1.165, 1.54) is 11.8 Å². The molecule has 2 atom stereocenters. The third kappa shape index (κ3) is 13.0. The smallest absolute Gasteiger partial charge is 0.331 e. The van der Waals surface area contributed by atoms with Crippen molar-refractivity contribution in [3.05, 3.63) is 0 Å². The summed E-state index contributed by atoms with van der Waals surface area (Å²) in [4.78, 5) is 45.8. The van der Waals surface area contributed by atoms with Crippen LogP contribution in [0.4, 0.5) is 0 Å². The molecule has 11 nitrogen and oxygen atoms in total. The van der Waals surface area contributed by atoms with Crippen molar-refractivity contribution in [3.63, 3.8) is 0 Å². The van der Waals surface area contributed by atoms with Crippen LogP contribution in [0.3, 0.4) is 0 Å². The van der Waals surface area contributed by atoms with Gasteiger partial charge in [0.15, 0.2) is 5.78 Å². The number of hydrogen-bond donors (Lipinski definition) is 4. The lowest BCUT2D eigenvalue weighted by Crippen LogP contribution is -2.43. The van der Waals surface area contributed by atoms with Crippen LogP contribution in [0.2, 0.25) is 0 Å². The third-order valence-corrected chi connectivity index (χ3v) is 7.19. The number of rotatable bonds is 18. The maximum absolute atomic E-state index is 12.4. The van der Waals surface area contributed by atoms with Gasteiger partial charge in [0.05, 0.1) is 31.8 Å². The Hall–Kier alpha value is -1.46. The first kappa shape index (κ1) is 28.5. The van der Waals surface area contributed by atoms with Crippen molar-refractivity contribution in [2.45, 2.75) is 51.6 Å². The Kier molecular flexibility index (Phi) is 14.6. The number of nitrogens with two attached hydrogens (primary N) is 1. The number of Topliss-reactive ketones (excluding diaryl/α,β-unsaturated/α-hetero) is 1. The van der Waals surface area contributed by atoms with Crippen LogP contribution in [0.5, 0.6) is 0 Å². The van der Waals surface area contributed by atoms with Crippen LogP contribution in [0.15, 0.2) is 0 Å². The van der Waals surface area contributed by atoms with Gasteiger partial charge in [0, 0.05) is 24.3 Å². The van der Waals surface area contributed by atoms with Crippen molar-refractivity contribution >= 4 is 43.0 Å². The summed E-state index contributed by atoms with van der Waals surface area (Å²) in [5.74, 6) is -2.93. The summed E-state index contributed by atoms with van der Waals surface area (Å²) in [5, 5.41) is 20.0. The number of ketones is 1. The Balaban J connectivity index is 4.78. The highest BCUT2D eigenvalue weighted by Crippen LogP contribution is 2.48. The zero-order chi connectivity index (χ0) is 23.2. The van der Waals surface area contributed by atoms with Crippen LogP contribution in [0.1, 0.15) is 39.5 Å². The molecule has 0 aliphatic carbocycles. The number of carbonyl (C=O) groups excluding carboxylic acids is 2. The van der Waals surface area contributed by atoms with Crippen LogP contribution >= 0.6 is 19.4 Å². The molecule has 13 heteroatoms. The Labute approximate surface area is 180 Å². The number of thioether (sulfide) groups is 1. The Bertz CT molecular complexity index is 622. The summed E-state index contributed by atoms with van der Waals surface area (Å²) in [6.07, 6.45) is -0.798. The van der Waals surface area contributed by atoms with E-state index in [1.807, 2.05) is 0 Å². The lowest BCUT2D eigenvalue weighted by atomic mass is 10.1. The van der Waals surface area contributed by atoms with Gasteiger partial charge in [-0.2, -0.15) is 11.8 Å². The molecule has 0 fully saturated rings. The molecule has 5 N–H and O–H groups in total. The largest absolute Gasteiger partial charge is 0.481 e. The van der Waals surface area contributed by atoms with Crippen molar-refractivity contribution in [1.29, 1.82) is 0 Å². The zero-order valence-electron chi connectivity index (χ0n) is 17.2. The van der Waals surface area contributed by atoms with Gasteiger partial charge in [-0.25, -0.2) is 0 Å². The lowest BCUT2D eigenvalue weighted by molar-refractivity contribution is -0.139. The highest BCUT2D eigenvalue weighted by atomic mass is 32.2. The van der Waals surface area contributed by atoms with Gasteiger partial charge in [-0.1, -0.05) is 0 Å². The van der Waals surface area contributed by atoms with E-state index >= 15 is 0 Å². The van der Waals surface area contributed by atoms with Gasteiger partial charge in [-0.3, -0.25) is 23.7 Å². The maximum Gasteiger partial charge on any atom is 0.331 e. The van der Waals surface area contributed by atoms with E-state index in [-0.39, 0.29) is 50.8 Å². The Morgan fingerprint density at radius 2 is 1.67 bits per heavy atom. The standard InChI is InChI=1S/C17H31N2O9PS/c1-3-27-29(26,28-4-2)9-10-30-11-13(14(20)6-8-16(22)23)19-15(21)7-5-12(18)17(24)25/h12-13H,3-11,18H2,1-2H3,(H,19,21)(H,22,23)(H,24,25). The second kappa shape index (κ2) is 15.4. The lowest BCUT2D eigenvalue weighted by Gasteiger charge is -2.19. The number of nitrogens with one attached hydrogen (secondary N) is 1. The number of amides is 1. The first-order chi connectivity index (χ1) is 14.0. The summed E-state index contributed by atoms with van der Waals surface area (Å²) in [6.45, 7) is 3.85. The van der Waals surface area contributed by atoms with E-state index in [0.29, 0.717) is 5.75 Å². The number of aliphatic carboxylic acids is 2. The molecule has 0 spiro atoms. The van der Waals surface area contributed by atoms with Crippen LogP contribution in [-0.4, -0.2) is 76.8 Å². The molecule has 0 aromatic heterocycles. The first-order valence-electron chi connectivity index (χ1n) is 9.52. The fourth-order valence-corrected chi connectivity index (χ4v) is 5.44. The normalized spacial score (nSPS) is 13.4. The molecular formula is C17H31N2O9PS. The molecule has 0 rings (SSSR count). The van der Waals surface area contributed by atoms with Gasteiger partial charge in [-0.05, 0) is 20.3 Å². The third-order valence-electron chi connectivity index (χ3n) is 3.75. The van der Waals surface area contributed by atoms with Crippen molar-refractivity contribution in [3.8, 4) is 0 Å². The second-order valence-corrected chi connectivity index (χ2v) is 9.54. The molecule has 0 saturated carbocycles. The highest BCUT2D eigenvalue weighted by molar-refractivity contribution is 7.99. The number of carbonyl (C=O) groups is 4. The Morgan fingerprint density at radius 3 is 2.17 bits per heavy atom. The monoisotopic (exact) mass is 470 g/mol. The predicted octanol–water partition coefficient (Wildman–Crippen LogP) is 1.10. The average molecular weight is 470 g/mol. The fraction of sp³-hybridized carbons (Fsp3) is 0.765. The average Bonchev–Trinajstić information content (AvgIpc) is 2.66. The molecule has 0 aliphatic heterocycles. The van der Waals surface area contributed by atoms with Crippen LogP contribution in [-0.2, 0) is 32.8 Å². The van der Waals surface area contributed by atoms with Crippen LogP contribution in [0, 0.1) is 0 Å². The van der Waals surface area contributed by atoms with Gasteiger partial charge in [-0.15, -0.1) is 0 Å². The van der Waals surface area contributed by atoms with Crippen molar-refractivity contribution in [1.82, 2.24) is 5.32 Å². The zero-order valence-corrected chi connectivity index (χ0v) is 18.9. The molecular weight excluding hydrogens is 439 g/mol. The SMILES string of the molecule is CCOP(=O)(CCSCC(NC(=O)CCC(N)C(=O)O)C(=O)CCC(=O)O)OCC. The summed E-state index contributed by atoms with van der Waals surface area (Å²) in [7, 11) is -3.23. The van der Waals surface area contributed by atoms with Crippen molar-refractivity contribution in [2.75, 3.05) is 30.9 Å². The highest BCUT2D eigenvalue weighted by Gasteiger charge is 2.25. The number of carboxylic acid groups (broad SMARTS) is 2. The number of carboxylic acids is 2. The molecule has 2 unspecified atom stereocenters. The van der Waals surface area contributed by atoms with Gasteiger partial charge < -0.3 is 30.3 Å². The molecule has 0 heterocycles. The minimum atomic E-state index is -3.23. The molecule has 0 aromatic rings. The van der Waals surface area contributed by atoms with Gasteiger partial charge >= 0.3 is 19.5 Å². The van der Waals surface area contributed by atoms with Gasteiger partial charge in [0.1, 0.15) is 6.04 Å². The van der Waals surface area contributed by atoms with Crippen LogP contribution in [0.25, 0.3) is 0 Å². The summed E-state index contributed by atoms with van der Waals surface area (Å²) < 4.78 is 22.8. The predicted molar refractivity (Wildman–Crippen MR) is 112 cm³/mol. The Morgan fingerprint density at radius 1 is 1.07 bits per heavy atom. The molecule has 174 valence electrons. The van der Waals surface area contributed by atoms with Crippen molar-refractivity contribution < 1.29 is 43.0 Å². The molecule has 30 heavy (non-hydrogen) atoms. The van der Waals surface area contributed by atoms with Gasteiger partial charge in [0.25, 0.3) is 0 Å². The molecule has 0 aromatic carbocycles. The van der Waals surface area contributed by atoms with Crippen LogP contribution < -0.4 is 11.1 Å². The first-order valence-corrected chi connectivity index (χ1v) is 12.4. The van der Waals surface area contributed by atoms with Crippen molar-refractivity contribution in [2.24, 2.45) is 5.73 Å². The molecule has 0 aliphatic rings. The molecule has 1 amide bonds. The summed E-state index contributed by atoms with van der Waals surface area (Å²) >= 11 is 1.24. The number of hydrogen-bond acceptors (Lipinski definition) is 9. The van der Waals surface area contributed by atoms with E-state index in [2.05, 4.69) is 5.32 Å². The molecule has 0 saturated heterocycles. The van der Waals surface area contributed by atoms with Gasteiger partial charge in [0.2, 0.25) is 5.91 Å². The van der Waals surface area contributed by atoms with E-state index in [0.717, 1.165) is 0 Å². The molecule has 0 radical (unpaired) electrons. The topological polar surface area (TPSA) is 182 Å².